The predicted octanol–water partition coefficient (Wildman–Crippen LogP) is 6.97. The Balaban J connectivity index is 0.000000173. The van der Waals surface area contributed by atoms with E-state index in [2.05, 4.69) is 90.1 Å². The molecule has 48 heavy (non-hydrogen) atoms. The number of hydrogen-bond acceptors (Lipinski definition) is 9. The fourth-order valence-corrected chi connectivity index (χ4v) is 7.05. The zero-order valence-corrected chi connectivity index (χ0v) is 30.3. The molecule has 2 aliphatic carbocycles. The van der Waals surface area contributed by atoms with Crippen LogP contribution in [0.5, 0.6) is 0 Å². The van der Waals surface area contributed by atoms with Crippen molar-refractivity contribution in [1.29, 1.82) is 0 Å². The van der Waals surface area contributed by atoms with Gasteiger partial charge in [0.25, 0.3) is 0 Å². The topological polar surface area (TPSA) is 89.4 Å². The summed E-state index contributed by atoms with van der Waals surface area (Å²) in [5.41, 5.74) is 9.94. The molecule has 11 heteroatoms. The van der Waals surface area contributed by atoms with Gasteiger partial charge in [0.2, 0.25) is 0 Å². The third kappa shape index (κ3) is 7.70. The lowest BCUT2D eigenvalue weighted by Crippen LogP contribution is -2.46. The minimum atomic E-state index is -0.763. The Morgan fingerprint density at radius 3 is 1.81 bits per heavy atom. The lowest BCUT2D eigenvalue weighted by Gasteiger charge is -2.38. The minimum absolute atomic E-state index is 0.134. The van der Waals surface area contributed by atoms with Crippen LogP contribution < -0.4 is 0 Å². The van der Waals surface area contributed by atoms with Crippen LogP contribution in [-0.4, -0.2) is 85.5 Å². The van der Waals surface area contributed by atoms with E-state index in [9.17, 15) is 5.11 Å². The lowest BCUT2D eigenvalue weighted by molar-refractivity contribution is -0.261. The van der Waals surface area contributed by atoms with Crippen molar-refractivity contribution in [2.24, 2.45) is 0 Å². The van der Waals surface area contributed by atoms with E-state index in [0.717, 1.165) is 74.2 Å². The first-order valence-corrected chi connectivity index (χ1v) is 17.3. The number of halogens is 2. The number of fused-ring (bicyclic) bond motifs is 4. The van der Waals surface area contributed by atoms with E-state index >= 15 is 0 Å². The summed E-state index contributed by atoms with van der Waals surface area (Å²) in [6, 6.07) is 20.5. The Kier molecular flexibility index (Phi) is 11.6. The van der Waals surface area contributed by atoms with Crippen LogP contribution in [0.1, 0.15) is 56.9 Å². The minimum Gasteiger partial charge on any atom is -0.382 e. The van der Waals surface area contributed by atoms with Crippen molar-refractivity contribution in [2.75, 3.05) is 60.7 Å². The molecular weight excluding hydrogens is 740 g/mol. The summed E-state index contributed by atoms with van der Waals surface area (Å²) in [5, 5.41) is 10.6. The quantitative estimate of drug-likeness (QED) is 0.158. The monoisotopic (exact) mass is 776 g/mol. The molecule has 0 bridgehead atoms. The van der Waals surface area contributed by atoms with Gasteiger partial charge >= 0.3 is 0 Å². The van der Waals surface area contributed by atoms with Gasteiger partial charge in [-0.2, -0.15) is 0 Å². The highest BCUT2D eigenvalue weighted by molar-refractivity contribution is 9.10. The Morgan fingerprint density at radius 1 is 0.729 bits per heavy atom. The number of benzene rings is 2. The van der Waals surface area contributed by atoms with Gasteiger partial charge in [-0.25, -0.2) is 19.6 Å². The zero-order valence-electron chi connectivity index (χ0n) is 27.1. The maximum atomic E-state index is 10.6. The Labute approximate surface area is 297 Å². The summed E-state index contributed by atoms with van der Waals surface area (Å²) < 4.78 is 1.82. The van der Waals surface area contributed by atoms with Gasteiger partial charge in [-0.3, -0.25) is 14.9 Å². The normalized spacial score (nSPS) is 18.9. The summed E-state index contributed by atoms with van der Waals surface area (Å²) in [6.07, 6.45) is 7.02. The molecule has 2 unspecified atom stereocenters. The molecule has 1 N–H and O–H groups in total. The van der Waals surface area contributed by atoms with Crippen LogP contribution in [0, 0.1) is 0 Å². The van der Waals surface area contributed by atoms with Crippen molar-refractivity contribution in [2.45, 2.75) is 12.1 Å². The van der Waals surface area contributed by atoms with Crippen LogP contribution in [-0.2, 0) is 19.6 Å². The smallest absolute Gasteiger partial charge is 0.122 e. The summed E-state index contributed by atoms with van der Waals surface area (Å²) in [6.45, 7) is 4.84. The first kappa shape index (κ1) is 34.8. The van der Waals surface area contributed by atoms with Crippen LogP contribution in [0.15, 0.2) is 82.0 Å². The highest BCUT2D eigenvalue weighted by atomic mass is 79.9. The fourth-order valence-electron chi connectivity index (χ4n) is 6.39. The number of aromatic nitrogens is 2. The summed E-state index contributed by atoms with van der Waals surface area (Å²) in [4.78, 5) is 34.2. The molecule has 0 amide bonds. The lowest BCUT2D eigenvalue weighted by atomic mass is 9.95. The molecule has 2 aromatic heterocycles. The van der Waals surface area contributed by atoms with Gasteiger partial charge in [-0.1, -0.05) is 48.5 Å². The first-order valence-electron chi connectivity index (χ1n) is 15.7. The number of aliphatic hydroxyl groups excluding tert-OH is 1. The second-order valence-electron chi connectivity index (χ2n) is 11.8. The number of likely N-dealkylation sites (N-methyl/N-ethyl adjacent to an activating group) is 1. The van der Waals surface area contributed by atoms with E-state index in [1.165, 1.54) is 25.3 Å². The van der Waals surface area contributed by atoms with E-state index in [1.54, 1.807) is 6.20 Å². The number of rotatable bonds is 7. The second kappa shape index (κ2) is 16.1. The van der Waals surface area contributed by atoms with Gasteiger partial charge in [0.15, 0.2) is 0 Å². The largest absolute Gasteiger partial charge is 0.382 e. The van der Waals surface area contributed by atoms with Crippen molar-refractivity contribution in [3.05, 3.63) is 127 Å². The molecule has 1 saturated heterocycles. The summed E-state index contributed by atoms with van der Waals surface area (Å²) >= 11 is 7.01. The number of nitrogens with zero attached hydrogens (tertiary/aromatic N) is 4. The van der Waals surface area contributed by atoms with Crippen molar-refractivity contribution in [1.82, 2.24) is 19.8 Å². The SMILES string of the molecule is COOCC1=Cc2ccccc2C(N2CCN(C)CC2)c2ncc(Br)cc21.COOCC1=Cc2ccccc2C(O)c2ncc(Br)cc21. The third-order valence-corrected chi connectivity index (χ3v) is 9.66. The van der Waals surface area contributed by atoms with Gasteiger partial charge in [0, 0.05) is 58.6 Å². The van der Waals surface area contributed by atoms with Gasteiger partial charge in [-0.15, -0.1) is 0 Å². The maximum Gasteiger partial charge on any atom is 0.122 e. The molecule has 3 heterocycles. The molecule has 4 aromatic rings. The molecular formula is C37H38Br2N4O5. The molecule has 3 aliphatic rings. The molecule has 1 aliphatic heterocycles. The van der Waals surface area contributed by atoms with Gasteiger partial charge < -0.3 is 10.0 Å². The van der Waals surface area contributed by atoms with Crippen LogP contribution in [0.4, 0.5) is 0 Å². The van der Waals surface area contributed by atoms with Crippen molar-refractivity contribution < 1.29 is 24.7 Å². The van der Waals surface area contributed by atoms with Crippen molar-refractivity contribution in [3.8, 4) is 0 Å². The van der Waals surface area contributed by atoms with Gasteiger partial charge in [-0.05, 0) is 96.6 Å². The molecule has 0 saturated carbocycles. The second-order valence-corrected chi connectivity index (χ2v) is 13.6. The van der Waals surface area contributed by atoms with E-state index in [0.29, 0.717) is 12.3 Å². The molecule has 0 spiro atoms. The van der Waals surface area contributed by atoms with E-state index < -0.39 is 6.10 Å². The average Bonchev–Trinajstić information content (AvgIpc) is 3.31. The standard InChI is InChI=1S/C21H24BrN3O2.C16H14BrNO3/c1-24-7-9-25(10-8-24)21-18-6-4-3-5-15(18)11-16(14-27-26-2)19-12-17(22)13-23-20(19)21;1-20-21-9-11-6-10-4-2-3-5-13(10)16(19)15-14(11)7-12(17)8-18-15/h3-6,11-13,21H,7-10,14H2,1-2H3;2-8,16,19H,9H2,1H3. The summed E-state index contributed by atoms with van der Waals surface area (Å²) in [5.74, 6) is 0. The van der Waals surface area contributed by atoms with Crippen molar-refractivity contribution >= 4 is 55.2 Å². The highest BCUT2D eigenvalue weighted by Crippen LogP contribution is 2.40. The van der Waals surface area contributed by atoms with E-state index in [4.69, 9.17) is 24.5 Å². The number of aliphatic hydroxyl groups is 1. The molecule has 1 fully saturated rings. The zero-order chi connectivity index (χ0) is 33.6. The van der Waals surface area contributed by atoms with E-state index in [1.807, 2.05) is 42.6 Å². The summed E-state index contributed by atoms with van der Waals surface area (Å²) in [7, 11) is 5.20. The van der Waals surface area contributed by atoms with Crippen LogP contribution in [0.3, 0.4) is 0 Å². The molecule has 0 radical (unpaired) electrons. The van der Waals surface area contributed by atoms with Gasteiger partial charge in [0.05, 0.1) is 31.6 Å². The average molecular weight is 779 g/mol. The van der Waals surface area contributed by atoms with Crippen LogP contribution in [0.25, 0.3) is 23.3 Å². The first-order chi connectivity index (χ1) is 23.4. The predicted molar refractivity (Wildman–Crippen MR) is 193 cm³/mol. The van der Waals surface area contributed by atoms with Crippen LogP contribution >= 0.6 is 31.9 Å². The molecule has 2 atom stereocenters. The molecule has 250 valence electrons. The molecule has 7 rings (SSSR count). The number of piperazine rings is 1. The fraction of sp³-hybridized carbons (Fsp3) is 0.297. The Bertz CT molecular complexity index is 1810. The Hall–Kier alpha value is -3.10. The van der Waals surface area contributed by atoms with E-state index in [-0.39, 0.29) is 12.6 Å². The maximum absolute atomic E-state index is 10.6. The van der Waals surface area contributed by atoms with Crippen LogP contribution in [0.2, 0.25) is 0 Å². The van der Waals surface area contributed by atoms with Gasteiger partial charge in [0.1, 0.15) is 19.3 Å². The number of pyridine rings is 2. The highest BCUT2D eigenvalue weighted by Gasteiger charge is 2.32. The number of hydrogen-bond donors (Lipinski definition) is 1. The molecule has 2 aromatic carbocycles. The third-order valence-electron chi connectivity index (χ3n) is 8.79. The Morgan fingerprint density at radius 2 is 1.23 bits per heavy atom. The molecule has 9 nitrogen and oxygen atoms in total. The van der Waals surface area contributed by atoms with Crippen molar-refractivity contribution in [3.63, 3.8) is 0 Å².